The molecule has 1 fully saturated rings. The molecule has 4 rings (SSSR count). The fourth-order valence-electron chi connectivity index (χ4n) is 4.86. The summed E-state index contributed by atoms with van der Waals surface area (Å²) < 4.78 is 16.6. The molecule has 6 nitrogen and oxygen atoms in total. The van der Waals surface area contributed by atoms with E-state index in [9.17, 15) is 9.59 Å². The molecule has 2 heterocycles. The molecule has 0 unspecified atom stereocenters. The number of dihydropyridines is 1. The zero-order chi connectivity index (χ0) is 22.2. The standard InChI is InChI=1S/C25H31NO5/c1-15-21(24(28)31-14-18-6-5-11-30-18)22(16-7-9-17(29-4)10-8-16)23-19(26-15)12-25(2,3)13-20(23)27/h7-10,18,22,26H,5-6,11-14H2,1-4H3/t18-,22+/m0/s1. The fraction of sp³-hybridized carbons (Fsp3) is 0.520. The number of hydrogen-bond donors (Lipinski definition) is 1. The minimum Gasteiger partial charge on any atom is -0.497 e. The van der Waals surface area contributed by atoms with Gasteiger partial charge in [0.05, 0.1) is 18.8 Å². The molecule has 1 aliphatic carbocycles. The molecule has 1 aromatic carbocycles. The number of benzene rings is 1. The van der Waals surface area contributed by atoms with Crippen LogP contribution in [0.4, 0.5) is 0 Å². The van der Waals surface area contributed by atoms with E-state index in [0.717, 1.165) is 42.0 Å². The lowest BCUT2D eigenvalue weighted by molar-refractivity contribution is -0.142. The highest BCUT2D eigenvalue weighted by Gasteiger charge is 2.43. The Hall–Kier alpha value is -2.60. The van der Waals surface area contributed by atoms with E-state index in [1.165, 1.54) is 0 Å². The number of esters is 1. The van der Waals surface area contributed by atoms with Gasteiger partial charge in [0, 0.05) is 35.9 Å². The third-order valence-corrected chi connectivity index (χ3v) is 6.33. The van der Waals surface area contributed by atoms with Crippen molar-refractivity contribution in [3.05, 3.63) is 52.4 Å². The lowest BCUT2D eigenvalue weighted by Crippen LogP contribution is -2.39. The molecule has 1 aromatic rings. The number of carbonyl (C=O) groups excluding carboxylic acids is 2. The maximum atomic E-state index is 13.3. The van der Waals surface area contributed by atoms with Crippen molar-refractivity contribution in [2.45, 2.75) is 58.5 Å². The normalized spacial score (nSPS) is 25.2. The summed E-state index contributed by atoms with van der Waals surface area (Å²) in [6, 6.07) is 7.57. The summed E-state index contributed by atoms with van der Waals surface area (Å²) >= 11 is 0. The van der Waals surface area contributed by atoms with Crippen LogP contribution >= 0.6 is 0 Å². The monoisotopic (exact) mass is 425 g/mol. The minimum absolute atomic E-state index is 0.0484. The maximum Gasteiger partial charge on any atom is 0.336 e. The Kier molecular flexibility index (Phi) is 5.93. The van der Waals surface area contributed by atoms with Gasteiger partial charge in [0.25, 0.3) is 0 Å². The van der Waals surface area contributed by atoms with E-state index in [1.807, 2.05) is 31.2 Å². The molecule has 31 heavy (non-hydrogen) atoms. The first-order valence-corrected chi connectivity index (χ1v) is 11.0. The molecule has 0 aromatic heterocycles. The number of rotatable bonds is 5. The topological polar surface area (TPSA) is 73.9 Å². The number of ether oxygens (including phenoxy) is 3. The van der Waals surface area contributed by atoms with Crippen molar-refractivity contribution >= 4 is 11.8 Å². The minimum atomic E-state index is -0.456. The SMILES string of the molecule is COc1ccc([C@@H]2C(C(=O)OC[C@@H]3CCCO3)=C(C)NC3=C2C(=O)CC(C)(C)C3)cc1. The summed E-state index contributed by atoms with van der Waals surface area (Å²) in [5, 5.41) is 3.37. The molecule has 0 bridgehead atoms. The van der Waals surface area contributed by atoms with Crippen molar-refractivity contribution in [1.29, 1.82) is 0 Å². The first kappa shape index (κ1) is 21.6. The number of allylic oxidation sites excluding steroid dienone is 3. The van der Waals surface area contributed by atoms with E-state index < -0.39 is 11.9 Å². The van der Waals surface area contributed by atoms with Crippen LogP contribution in [0.1, 0.15) is 57.9 Å². The molecule has 2 aliphatic heterocycles. The maximum absolute atomic E-state index is 13.3. The predicted molar refractivity (Wildman–Crippen MR) is 117 cm³/mol. The fourth-order valence-corrected chi connectivity index (χ4v) is 4.86. The Bertz CT molecular complexity index is 935. The van der Waals surface area contributed by atoms with E-state index in [2.05, 4.69) is 19.2 Å². The van der Waals surface area contributed by atoms with Crippen LogP contribution in [0.3, 0.4) is 0 Å². The van der Waals surface area contributed by atoms with E-state index in [4.69, 9.17) is 14.2 Å². The molecule has 2 atom stereocenters. The molecule has 0 amide bonds. The van der Waals surface area contributed by atoms with Gasteiger partial charge in [0.1, 0.15) is 12.4 Å². The van der Waals surface area contributed by atoms with Crippen molar-refractivity contribution in [1.82, 2.24) is 5.32 Å². The second kappa shape index (κ2) is 8.50. The van der Waals surface area contributed by atoms with E-state index in [-0.39, 0.29) is 23.9 Å². The summed E-state index contributed by atoms with van der Waals surface area (Å²) in [7, 11) is 1.62. The van der Waals surface area contributed by atoms with Gasteiger partial charge in [0.15, 0.2) is 5.78 Å². The highest BCUT2D eigenvalue weighted by Crippen LogP contribution is 2.47. The van der Waals surface area contributed by atoms with Gasteiger partial charge in [-0.3, -0.25) is 4.79 Å². The zero-order valence-electron chi connectivity index (χ0n) is 18.7. The van der Waals surface area contributed by atoms with Crippen molar-refractivity contribution < 1.29 is 23.8 Å². The smallest absolute Gasteiger partial charge is 0.336 e. The average Bonchev–Trinajstić information content (AvgIpc) is 3.24. The van der Waals surface area contributed by atoms with Gasteiger partial charge in [-0.25, -0.2) is 4.79 Å². The van der Waals surface area contributed by atoms with Gasteiger partial charge in [-0.1, -0.05) is 26.0 Å². The number of carbonyl (C=O) groups is 2. The van der Waals surface area contributed by atoms with Crippen molar-refractivity contribution in [3.63, 3.8) is 0 Å². The zero-order valence-corrected chi connectivity index (χ0v) is 18.7. The second-order valence-corrected chi connectivity index (χ2v) is 9.44. The average molecular weight is 426 g/mol. The highest BCUT2D eigenvalue weighted by atomic mass is 16.6. The van der Waals surface area contributed by atoms with Gasteiger partial charge in [0.2, 0.25) is 0 Å². The summed E-state index contributed by atoms with van der Waals surface area (Å²) in [6.07, 6.45) is 3.05. The summed E-state index contributed by atoms with van der Waals surface area (Å²) in [5.41, 5.74) is 3.59. The molecule has 1 saturated heterocycles. The largest absolute Gasteiger partial charge is 0.497 e. The molecule has 0 saturated carbocycles. The Morgan fingerprint density at radius 2 is 1.97 bits per heavy atom. The van der Waals surface area contributed by atoms with Gasteiger partial charge in [-0.05, 0) is 49.3 Å². The number of Topliss-reactive ketones (excluding diaryl/α,β-unsaturated/α-hetero) is 1. The van der Waals surface area contributed by atoms with Gasteiger partial charge < -0.3 is 19.5 Å². The van der Waals surface area contributed by atoms with Gasteiger partial charge >= 0.3 is 5.97 Å². The molecular weight excluding hydrogens is 394 g/mol. The summed E-state index contributed by atoms with van der Waals surface area (Å²) in [4.78, 5) is 26.5. The highest BCUT2D eigenvalue weighted by molar-refractivity contribution is 6.04. The molecule has 0 radical (unpaired) electrons. The lowest BCUT2D eigenvalue weighted by atomic mass is 9.68. The third kappa shape index (κ3) is 4.40. The van der Waals surface area contributed by atoms with E-state index >= 15 is 0 Å². The Balaban J connectivity index is 1.71. The first-order valence-electron chi connectivity index (χ1n) is 11.0. The Labute approximate surface area is 183 Å². The van der Waals surface area contributed by atoms with Crippen LogP contribution in [0.5, 0.6) is 5.75 Å². The van der Waals surface area contributed by atoms with Gasteiger partial charge in [-0.2, -0.15) is 0 Å². The first-order chi connectivity index (χ1) is 14.8. The quantitative estimate of drug-likeness (QED) is 0.719. The van der Waals surface area contributed by atoms with Crippen LogP contribution in [0.15, 0.2) is 46.8 Å². The number of nitrogens with one attached hydrogen (secondary N) is 1. The molecule has 6 heteroatoms. The van der Waals surface area contributed by atoms with Crippen LogP contribution in [0.25, 0.3) is 0 Å². The van der Waals surface area contributed by atoms with Crippen LogP contribution in [0.2, 0.25) is 0 Å². The number of methoxy groups -OCH3 is 1. The number of ketones is 1. The van der Waals surface area contributed by atoms with Crippen LogP contribution in [0, 0.1) is 5.41 Å². The summed E-state index contributed by atoms with van der Waals surface area (Å²) in [5.74, 6) is -0.0454. The summed E-state index contributed by atoms with van der Waals surface area (Å²) in [6.45, 7) is 7.03. The molecule has 1 N–H and O–H groups in total. The van der Waals surface area contributed by atoms with E-state index in [1.54, 1.807) is 7.11 Å². The molecule has 0 spiro atoms. The molecule has 166 valence electrons. The molecular formula is C25H31NO5. The van der Waals surface area contributed by atoms with Gasteiger partial charge in [-0.15, -0.1) is 0 Å². The second-order valence-electron chi connectivity index (χ2n) is 9.44. The Morgan fingerprint density at radius 1 is 1.23 bits per heavy atom. The van der Waals surface area contributed by atoms with Crippen molar-refractivity contribution in [2.75, 3.05) is 20.3 Å². The number of hydrogen-bond acceptors (Lipinski definition) is 6. The van der Waals surface area contributed by atoms with Crippen molar-refractivity contribution in [3.8, 4) is 5.75 Å². The van der Waals surface area contributed by atoms with Crippen LogP contribution in [-0.4, -0.2) is 38.2 Å². The van der Waals surface area contributed by atoms with E-state index in [0.29, 0.717) is 24.2 Å². The Morgan fingerprint density at radius 3 is 2.61 bits per heavy atom. The third-order valence-electron chi connectivity index (χ3n) is 6.33. The van der Waals surface area contributed by atoms with Crippen LogP contribution < -0.4 is 10.1 Å². The molecule has 3 aliphatic rings. The lowest BCUT2D eigenvalue weighted by Gasteiger charge is -2.39. The predicted octanol–water partition coefficient (Wildman–Crippen LogP) is 4.02. The van der Waals surface area contributed by atoms with Crippen LogP contribution in [-0.2, 0) is 19.1 Å². The van der Waals surface area contributed by atoms with Crippen molar-refractivity contribution in [2.24, 2.45) is 5.41 Å².